The maximum Gasteiger partial charge on any atom is 0.267 e. The van der Waals surface area contributed by atoms with Gasteiger partial charge in [-0.1, -0.05) is 6.07 Å². The van der Waals surface area contributed by atoms with Gasteiger partial charge < -0.3 is 5.32 Å². The third-order valence-electron chi connectivity index (χ3n) is 2.82. The van der Waals surface area contributed by atoms with Crippen LogP contribution in [0.3, 0.4) is 0 Å². The van der Waals surface area contributed by atoms with Crippen LogP contribution in [0.25, 0.3) is 0 Å². The van der Waals surface area contributed by atoms with Crippen molar-refractivity contribution in [3.05, 3.63) is 30.1 Å². The Balaban J connectivity index is 1.68. The fourth-order valence-electron chi connectivity index (χ4n) is 1.78. The molecule has 19 heavy (non-hydrogen) atoms. The van der Waals surface area contributed by atoms with Gasteiger partial charge in [0.1, 0.15) is 5.71 Å². The lowest BCUT2D eigenvalue weighted by molar-refractivity contribution is -0.121. The molecule has 1 aliphatic rings. The van der Waals surface area contributed by atoms with Crippen molar-refractivity contribution in [3.8, 4) is 0 Å². The molecule has 0 radical (unpaired) electrons. The fraction of sp³-hybridized carbons (Fsp3) is 0.385. The van der Waals surface area contributed by atoms with E-state index in [1.54, 1.807) is 6.20 Å². The Morgan fingerprint density at radius 3 is 3.00 bits per heavy atom. The van der Waals surface area contributed by atoms with E-state index < -0.39 is 0 Å². The van der Waals surface area contributed by atoms with Crippen molar-refractivity contribution in [2.75, 3.05) is 6.54 Å². The second kappa shape index (κ2) is 6.63. The molecule has 2 heterocycles. The number of aryl methyl sites for hydroxylation is 1. The van der Waals surface area contributed by atoms with Crippen molar-refractivity contribution in [2.24, 2.45) is 5.10 Å². The number of carbonyl (C=O) groups is 2. The molecule has 1 aromatic heterocycles. The molecule has 0 atom stereocenters. The van der Waals surface area contributed by atoms with Gasteiger partial charge in [-0.25, -0.2) is 5.43 Å². The highest BCUT2D eigenvalue weighted by atomic mass is 16.2. The number of nitrogens with zero attached hydrogens (tertiary/aromatic N) is 2. The van der Waals surface area contributed by atoms with Gasteiger partial charge in [-0.05, 0) is 24.5 Å². The van der Waals surface area contributed by atoms with Crippen LogP contribution < -0.4 is 10.7 Å². The van der Waals surface area contributed by atoms with Gasteiger partial charge in [0, 0.05) is 31.8 Å². The fourth-order valence-corrected chi connectivity index (χ4v) is 1.78. The van der Waals surface area contributed by atoms with Crippen LogP contribution in [0.2, 0.25) is 0 Å². The standard InChI is InChI=1S/C13H16N4O2/c18-12-6-5-11(16-17-12)13(19)15-8-2-4-10-3-1-7-14-9-10/h1,3,7,9H,2,4-6,8H2,(H,15,19)(H,17,18). The van der Waals surface area contributed by atoms with Gasteiger partial charge in [-0.2, -0.15) is 5.10 Å². The van der Waals surface area contributed by atoms with Gasteiger partial charge in [0.15, 0.2) is 0 Å². The van der Waals surface area contributed by atoms with E-state index in [2.05, 4.69) is 20.8 Å². The van der Waals surface area contributed by atoms with Gasteiger partial charge >= 0.3 is 0 Å². The van der Waals surface area contributed by atoms with E-state index in [-0.39, 0.29) is 11.8 Å². The molecule has 6 nitrogen and oxygen atoms in total. The zero-order chi connectivity index (χ0) is 13.5. The Morgan fingerprint density at radius 2 is 2.32 bits per heavy atom. The van der Waals surface area contributed by atoms with E-state index in [9.17, 15) is 9.59 Å². The minimum atomic E-state index is -0.203. The third kappa shape index (κ3) is 4.17. The second-order valence-corrected chi connectivity index (χ2v) is 4.31. The summed E-state index contributed by atoms with van der Waals surface area (Å²) in [5.41, 5.74) is 3.85. The molecular weight excluding hydrogens is 244 g/mol. The van der Waals surface area contributed by atoms with Crippen molar-refractivity contribution >= 4 is 17.5 Å². The first-order valence-electron chi connectivity index (χ1n) is 6.28. The topological polar surface area (TPSA) is 83.5 Å². The summed E-state index contributed by atoms with van der Waals surface area (Å²) in [6.45, 7) is 0.584. The van der Waals surface area contributed by atoms with Crippen LogP contribution in [0, 0.1) is 0 Å². The van der Waals surface area contributed by atoms with Gasteiger partial charge in [0.05, 0.1) is 0 Å². The minimum Gasteiger partial charge on any atom is -0.351 e. The van der Waals surface area contributed by atoms with Gasteiger partial charge in [0.2, 0.25) is 5.91 Å². The van der Waals surface area contributed by atoms with E-state index in [1.165, 1.54) is 0 Å². The van der Waals surface area contributed by atoms with Crippen molar-refractivity contribution < 1.29 is 9.59 Å². The average Bonchev–Trinajstić information content (AvgIpc) is 2.45. The molecular formula is C13H16N4O2. The summed E-state index contributed by atoms with van der Waals surface area (Å²) in [7, 11) is 0. The maximum absolute atomic E-state index is 11.7. The van der Waals surface area contributed by atoms with E-state index in [4.69, 9.17) is 0 Å². The Morgan fingerprint density at radius 1 is 1.42 bits per heavy atom. The molecule has 1 aromatic rings. The quantitative estimate of drug-likeness (QED) is 0.751. The van der Waals surface area contributed by atoms with Crippen molar-refractivity contribution in [1.82, 2.24) is 15.7 Å². The van der Waals surface area contributed by atoms with Gasteiger partial charge in [0.25, 0.3) is 5.91 Å². The lowest BCUT2D eigenvalue weighted by atomic mass is 10.1. The van der Waals surface area contributed by atoms with Crippen LogP contribution in [-0.2, 0) is 16.0 Å². The Hall–Kier alpha value is -2.24. The first-order chi connectivity index (χ1) is 9.25. The maximum atomic E-state index is 11.7. The summed E-state index contributed by atoms with van der Waals surface area (Å²) in [5, 5.41) is 6.54. The number of aromatic nitrogens is 1. The molecule has 0 unspecified atom stereocenters. The van der Waals surface area contributed by atoms with Crippen molar-refractivity contribution in [2.45, 2.75) is 25.7 Å². The van der Waals surface area contributed by atoms with Crippen LogP contribution in [-0.4, -0.2) is 29.1 Å². The minimum absolute atomic E-state index is 0.145. The Bertz CT molecular complexity index is 485. The molecule has 1 aliphatic heterocycles. The van der Waals surface area contributed by atoms with Crippen LogP contribution in [0.5, 0.6) is 0 Å². The zero-order valence-electron chi connectivity index (χ0n) is 10.6. The summed E-state index contributed by atoms with van der Waals surface area (Å²) in [6, 6.07) is 3.91. The number of pyridine rings is 1. The summed E-state index contributed by atoms with van der Waals surface area (Å²) in [6.07, 6.45) is 6.00. The number of hydrogen-bond donors (Lipinski definition) is 2. The molecule has 2 amide bonds. The molecule has 2 N–H and O–H groups in total. The number of amides is 2. The highest BCUT2D eigenvalue weighted by molar-refractivity contribution is 6.39. The van der Waals surface area contributed by atoms with Gasteiger partial charge in [-0.15, -0.1) is 0 Å². The smallest absolute Gasteiger partial charge is 0.267 e. The predicted molar refractivity (Wildman–Crippen MR) is 70.4 cm³/mol. The monoisotopic (exact) mass is 260 g/mol. The molecule has 0 bridgehead atoms. The summed E-state index contributed by atoms with van der Waals surface area (Å²) in [4.78, 5) is 26.6. The van der Waals surface area contributed by atoms with Crippen LogP contribution in [0.1, 0.15) is 24.8 Å². The second-order valence-electron chi connectivity index (χ2n) is 4.31. The highest BCUT2D eigenvalue weighted by Crippen LogP contribution is 2.01. The average molecular weight is 260 g/mol. The third-order valence-corrected chi connectivity index (χ3v) is 2.82. The molecule has 0 spiro atoms. The zero-order valence-corrected chi connectivity index (χ0v) is 10.6. The SMILES string of the molecule is O=C1CCC(C(=O)NCCCc2cccnc2)=NN1. The normalized spacial score (nSPS) is 14.5. The predicted octanol–water partition coefficient (Wildman–Crippen LogP) is 0.396. The summed E-state index contributed by atoms with van der Waals surface area (Å²) >= 11 is 0. The summed E-state index contributed by atoms with van der Waals surface area (Å²) in [5.74, 6) is -0.348. The molecule has 100 valence electrons. The molecule has 6 heteroatoms. The Labute approximate surface area is 111 Å². The number of hydrogen-bond acceptors (Lipinski definition) is 4. The number of carbonyl (C=O) groups excluding carboxylic acids is 2. The Kier molecular flexibility index (Phi) is 4.60. The van der Waals surface area contributed by atoms with E-state index >= 15 is 0 Å². The van der Waals surface area contributed by atoms with Crippen LogP contribution in [0.15, 0.2) is 29.6 Å². The molecule has 0 saturated carbocycles. The van der Waals surface area contributed by atoms with Crippen molar-refractivity contribution in [3.63, 3.8) is 0 Å². The molecule has 2 rings (SSSR count). The number of rotatable bonds is 5. The lowest BCUT2D eigenvalue weighted by Gasteiger charge is -2.11. The molecule has 0 aromatic carbocycles. The molecule has 0 aliphatic carbocycles. The largest absolute Gasteiger partial charge is 0.351 e. The number of hydrazone groups is 1. The molecule has 0 saturated heterocycles. The highest BCUT2D eigenvalue weighted by Gasteiger charge is 2.17. The van der Waals surface area contributed by atoms with Crippen LogP contribution >= 0.6 is 0 Å². The van der Waals surface area contributed by atoms with E-state index in [0.29, 0.717) is 25.1 Å². The van der Waals surface area contributed by atoms with E-state index in [1.807, 2.05) is 18.3 Å². The van der Waals surface area contributed by atoms with E-state index in [0.717, 1.165) is 18.4 Å². The molecule has 0 fully saturated rings. The lowest BCUT2D eigenvalue weighted by Crippen LogP contribution is -2.37. The summed E-state index contributed by atoms with van der Waals surface area (Å²) < 4.78 is 0. The van der Waals surface area contributed by atoms with Gasteiger partial charge in [-0.3, -0.25) is 14.6 Å². The first-order valence-corrected chi connectivity index (χ1v) is 6.28. The first kappa shape index (κ1) is 13.2. The van der Waals surface area contributed by atoms with Crippen molar-refractivity contribution in [1.29, 1.82) is 0 Å². The number of nitrogens with one attached hydrogen (secondary N) is 2. The van der Waals surface area contributed by atoms with Crippen LogP contribution in [0.4, 0.5) is 0 Å².